The highest BCUT2D eigenvalue weighted by Crippen LogP contribution is 2.39. The molecule has 1 aliphatic rings. The number of halogens is 1. The third kappa shape index (κ3) is 2.91. The van der Waals surface area contributed by atoms with Gasteiger partial charge in [-0.1, -0.05) is 11.2 Å². The molecule has 1 N–H and O–H groups in total. The zero-order valence-electron chi connectivity index (χ0n) is 13.1. The van der Waals surface area contributed by atoms with E-state index in [1.807, 2.05) is 19.1 Å². The molecule has 0 atom stereocenters. The van der Waals surface area contributed by atoms with Gasteiger partial charge in [0.1, 0.15) is 12.4 Å². The van der Waals surface area contributed by atoms with Crippen molar-refractivity contribution in [2.45, 2.75) is 18.4 Å². The SMILES string of the molecule is Cc1ccc(NS(=O)(=O)c2ccc3c(c2)-c2oncc2CO3)c(Br)c1. The number of fused-ring (bicyclic) bond motifs is 3. The van der Waals surface area contributed by atoms with Gasteiger partial charge in [-0.05, 0) is 58.7 Å². The molecule has 2 aromatic carbocycles. The predicted molar refractivity (Wildman–Crippen MR) is 96.0 cm³/mol. The summed E-state index contributed by atoms with van der Waals surface area (Å²) >= 11 is 3.38. The van der Waals surface area contributed by atoms with Crippen molar-refractivity contribution >= 4 is 31.6 Å². The van der Waals surface area contributed by atoms with Crippen molar-refractivity contribution in [3.05, 3.63) is 58.2 Å². The monoisotopic (exact) mass is 420 g/mol. The summed E-state index contributed by atoms with van der Waals surface area (Å²) in [6.45, 7) is 2.29. The van der Waals surface area contributed by atoms with Gasteiger partial charge >= 0.3 is 0 Å². The molecule has 0 spiro atoms. The Morgan fingerprint density at radius 3 is 2.84 bits per heavy atom. The molecule has 0 unspecified atom stereocenters. The highest BCUT2D eigenvalue weighted by Gasteiger charge is 2.25. The van der Waals surface area contributed by atoms with Crippen LogP contribution in [0.1, 0.15) is 11.1 Å². The van der Waals surface area contributed by atoms with Crippen molar-refractivity contribution in [1.82, 2.24) is 5.16 Å². The average molecular weight is 421 g/mol. The van der Waals surface area contributed by atoms with E-state index < -0.39 is 10.0 Å². The largest absolute Gasteiger partial charge is 0.488 e. The summed E-state index contributed by atoms with van der Waals surface area (Å²) < 4.78 is 39.6. The van der Waals surface area contributed by atoms with Gasteiger partial charge in [-0.25, -0.2) is 8.42 Å². The molecule has 0 fully saturated rings. The number of aromatic nitrogens is 1. The number of hydrogen-bond acceptors (Lipinski definition) is 5. The van der Waals surface area contributed by atoms with E-state index in [-0.39, 0.29) is 4.90 Å². The Hall–Kier alpha value is -2.32. The van der Waals surface area contributed by atoms with E-state index >= 15 is 0 Å². The molecule has 0 saturated carbocycles. The topological polar surface area (TPSA) is 81.4 Å². The second kappa shape index (κ2) is 5.89. The standard InChI is InChI=1S/C17H13BrN2O4S/c1-10-2-4-15(14(18)6-10)20-25(21,22)12-3-5-16-13(7-12)17-11(9-23-16)8-19-24-17/h2-8,20H,9H2,1H3. The summed E-state index contributed by atoms with van der Waals surface area (Å²) in [6, 6.07) is 10.1. The van der Waals surface area contributed by atoms with Gasteiger partial charge in [-0.15, -0.1) is 0 Å². The van der Waals surface area contributed by atoms with Gasteiger partial charge in [0.25, 0.3) is 10.0 Å². The first kappa shape index (κ1) is 16.2. The number of ether oxygens (including phenoxy) is 1. The first-order valence-corrected chi connectivity index (χ1v) is 9.71. The van der Waals surface area contributed by atoms with Crippen LogP contribution in [0.4, 0.5) is 5.69 Å². The van der Waals surface area contributed by atoms with Crippen LogP contribution in [0.2, 0.25) is 0 Å². The lowest BCUT2D eigenvalue weighted by Gasteiger charge is -2.17. The van der Waals surface area contributed by atoms with Crippen LogP contribution in [0.3, 0.4) is 0 Å². The van der Waals surface area contributed by atoms with Crippen LogP contribution in [-0.4, -0.2) is 13.6 Å². The number of nitrogens with one attached hydrogen (secondary N) is 1. The zero-order chi connectivity index (χ0) is 17.6. The molecule has 128 valence electrons. The Labute approximate surface area is 153 Å². The van der Waals surface area contributed by atoms with Gasteiger partial charge in [0.05, 0.1) is 27.9 Å². The van der Waals surface area contributed by atoms with Gasteiger partial charge in [-0.2, -0.15) is 0 Å². The quantitative estimate of drug-likeness (QED) is 0.689. The lowest BCUT2D eigenvalue weighted by atomic mass is 10.1. The number of rotatable bonds is 3. The van der Waals surface area contributed by atoms with E-state index in [2.05, 4.69) is 25.8 Å². The molecule has 25 heavy (non-hydrogen) atoms. The molecule has 3 aromatic rings. The Kier molecular flexibility index (Phi) is 3.81. The second-order valence-corrected chi connectivity index (χ2v) is 8.25. The molecule has 0 saturated heterocycles. The minimum atomic E-state index is -3.77. The highest BCUT2D eigenvalue weighted by molar-refractivity contribution is 9.10. The molecule has 0 aliphatic carbocycles. The molecule has 2 heterocycles. The van der Waals surface area contributed by atoms with Crippen LogP contribution < -0.4 is 9.46 Å². The Morgan fingerprint density at radius 2 is 2.04 bits per heavy atom. The number of anilines is 1. The van der Waals surface area contributed by atoms with Crippen LogP contribution in [0.25, 0.3) is 11.3 Å². The molecular formula is C17H13BrN2O4S. The van der Waals surface area contributed by atoms with E-state index in [1.165, 1.54) is 12.1 Å². The van der Waals surface area contributed by atoms with E-state index in [1.54, 1.807) is 18.3 Å². The van der Waals surface area contributed by atoms with Crippen molar-refractivity contribution < 1.29 is 17.7 Å². The van der Waals surface area contributed by atoms with Crippen LogP contribution in [-0.2, 0) is 16.6 Å². The first-order chi connectivity index (χ1) is 11.9. The number of nitrogens with zero attached hydrogens (tertiary/aromatic N) is 1. The van der Waals surface area contributed by atoms with E-state index in [9.17, 15) is 8.42 Å². The molecular weight excluding hydrogens is 408 g/mol. The Morgan fingerprint density at radius 1 is 1.20 bits per heavy atom. The number of benzene rings is 2. The maximum atomic E-state index is 12.8. The summed E-state index contributed by atoms with van der Waals surface area (Å²) in [7, 11) is -3.77. The average Bonchev–Trinajstić information content (AvgIpc) is 3.06. The lowest BCUT2D eigenvalue weighted by molar-refractivity contribution is 0.297. The van der Waals surface area contributed by atoms with Gasteiger partial charge < -0.3 is 9.26 Å². The fourth-order valence-electron chi connectivity index (χ4n) is 2.63. The summed E-state index contributed by atoms with van der Waals surface area (Å²) in [4.78, 5) is 0.117. The fourth-order valence-corrected chi connectivity index (χ4v) is 4.46. The zero-order valence-corrected chi connectivity index (χ0v) is 15.5. The fraction of sp³-hybridized carbons (Fsp3) is 0.118. The summed E-state index contributed by atoms with van der Waals surface area (Å²) in [5.41, 5.74) is 2.86. The maximum Gasteiger partial charge on any atom is 0.261 e. The molecule has 0 bridgehead atoms. The Bertz CT molecular complexity index is 1080. The molecule has 6 nitrogen and oxygen atoms in total. The van der Waals surface area contributed by atoms with Crippen molar-refractivity contribution in [3.63, 3.8) is 0 Å². The van der Waals surface area contributed by atoms with Gasteiger partial charge in [0, 0.05) is 4.47 Å². The van der Waals surface area contributed by atoms with Crippen LogP contribution in [0.15, 0.2) is 56.5 Å². The lowest BCUT2D eigenvalue weighted by Crippen LogP contribution is -2.14. The van der Waals surface area contributed by atoms with Crippen molar-refractivity contribution in [2.24, 2.45) is 0 Å². The minimum absolute atomic E-state index is 0.117. The minimum Gasteiger partial charge on any atom is -0.488 e. The summed E-state index contributed by atoms with van der Waals surface area (Å²) in [5, 5.41) is 3.76. The number of aryl methyl sites for hydroxylation is 1. The van der Waals surface area contributed by atoms with Crippen LogP contribution >= 0.6 is 15.9 Å². The number of sulfonamides is 1. The molecule has 8 heteroatoms. The molecule has 1 aliphatic heterocycles. The van der Waals surface area contributed by atoms with Gasteiger partial charge in [-0.3, -0.25) is 4.72 Å². The third-order valence-corrected chi connectivity index (χ3v) is 5.92. The number of hydrogen-bond donors (Lipinski definition) is 1. The van der Waals surface area contributed by atoms with E-state index in [4.69, 9.17) is 9.26 Å². The molecule has 0 radical (unpaired) electrons. The van der Waals surface area contributed by atoms with Crippen LogP contribution in [0.5, 0.6) is 5.75 Å². The van der Waals surface area contributed by atoms with Crippen molar-refractivity contribution in [3.8, 4) is 17.1 Å². The van der Waals surface area contributed by atoms with Gasteiger partial charge in [0.15, 0.2) is 5.76 Å². The van der Waals surface area contributed by atoms with Crippen molar-refractivity contribution in [2.75, 3.05) is 4.72 Å². The smallest absolute Gasteiger partial charge is 0.261 e. The maximum absolute atomic E-state index is 12.8. The normalized spacial score (nSPS) is 12.9. The highest BCUT2D eigenvalue weighted by atomic mass is 79.9. The van der Waals surface area contributed by atoms with Crippen LogP contribution in [0, 0.1) is 6.92 Å². The molecule has 0 amide bonds. The first-order valence-electron chi connectivity index (χ1n) is 7.44. The predicted octanol–water partition coefficient (Wildman–Crippen LogP) is 4.11. The van der Waals surface area contributed by atoms with Crippen molar-refractivity contribution in [1.29, 1.82) is 0 Å². The summed E-state index contributed by atoms with van der Waals surface area (Å²) in [6.07, 6.45) is 1.57. The molecule has 1 aromatic heterocycles. The van der Waals surface area contributed by atoms with Gasteiger partial charge in [0.2, 0.25) is 0 Å². The summed E-state index contributed by atoms with van der Waals surface area (Å²) in [5.74, 6) is 1.11. The van der Waals surface area contributed by atoms with E-state index in [0.29, 0.717) is 33.8 Å². The third-order valence-electron chi connectivity index (χ3n) is 3.90. The second-order valence-electron chi connectivity index (χ2n) is 5.72. The Balaban J connectivity index is 1.73. The molecule has 4 rings (SSSR count). The van der Waals surface area contributed by atoms with E-state index in [0.717, 1.165) is 11.1 Å².